The summed E-state index contributed by atoms with van der Waals surface area (Å²) in [7, 11) is 0. The number of imidazole rings is 1. The second kappa shape index (κ2) is 4.87. The lowest BCUT2D eigenvalue weighted by atomic mass is 9.99. The number of benzene rings is 1. The molecule has 0 aliphatic heterocycles. The molecule has 0 saturated heterocycles. The van der Waals surface area contributed by atoms with Crippen molar-refractivity contribution < 1.29 is 13.2 Å². The number of nitrogens with zero attached hydrogens (tertiary/aromatic N) is 2. The van der Waals surface area contributed by atoms with Gasteiger partial charge in [-0.1, -0.05) is 6.07 Å². The lowest BCUT2D eigenvalue weighted by molar-refractivity contribution is -0.137. The quantitative estimate of drug-likeness (QED) is 0.561. The van der Waals surface area contributed by atoms with Crippen LogP contribution in [-0.4, -0.2) is 15.6 Å². The molecule has 112 valence electrons. The van der Waals surface area contributed by atoms with Crippen LogP contribution in [0, 0.1) is 5.41 Å². The Labute approximate surface area is 123 Å². The zero-order chi connectivity index (χ0) is 15.9. The van der Waals surface area contributed by atoms with Gasteiger partial charge in [-0.2, -0.15) is 13.2 Å². The minimum atomic E-state index is -4.51. The lowest BCUT2D eigenvalue weighted by Gasteiger charge is -2.13. The van der Waals surface area contributed by atoms with Crippen LogP contribution in [0.15, 0.2) is 42.9 Å². The molecule has 7 heteroatoms. The summed E-state index contributed by atoms with van der Waals surface area (Å²) in [5.74, 6) is 0. The van der Waals surface area contributed by atoms with Gasteiger partial charge in [-0.3, -0.25) is 0 Å². The number of fused-ring (bicyclic) bond motifs is 1. The van der Waals surface area contributed by atoms with Gasteiger partial charge in [-0.05, 0) is 24.3 Å². The van der Waals surface area contributed by atoms with E-state index in [4.69, 9.17) is 11.1 Å². The third-order valence-corrected chi connectivity index (χ3v) is 3.38. The number of rotatable bonds is 2. The second-order valence-electron chi connectivity index (χ2n) is 4.76. The van der Waals surface area contributed by atoms with Gasteiger partial charge in [-0.15, -0.1) is 0 Å². The largest absolute Gasteiger partial charge is 0.416 e. The summed E-state index contributed by atoms with van der Waals surface area (Å²) in [6.45, 7) is 0. The molecule has 0 amide bonds. The fourth-order valence-corrected chi connectivity index (χ4v) is 2.35. The molecule has 2 aromatic heterocycles. The lowest BCUT2D eigenvalue weighted by Crippen LogP contribution is -2.08. The Hall–Kier alpha value is -2.83. The van der Waals surface area contributed by atoms with Crippen molar-refractivity contribution in [2.24, 2.45) is 0 Å². The molecular weight excluding hydrogens is 293 g/mol. The van der Waals surface area contributed by atoms with Crippen LogP contribution >= 0.6 is 0 Å². The van der Waals surface area contributed by atoms with E-state index < -0.39 is 11.7 Å². The smallest absolute Gasteiger partial charge is 0.398 e. The van der Waals surface area contributed by atoms with E-state index in [0.717, 1.165) is 18.3 Å². The van der Waals surface area contributed by atoms with Crippen molar-refractivity contribution in [3.63, 3.8) is 0 Å². The van der Waals surface area contributed by atoms with Gasteiger partial charge in [-0.25, -0.2) is 4.98 Å². The van der Waals surface area contributed by atoms with Gasteiger partial charge in [0.1, 0.15) is 0 Å². The van der Waals surface area contributed by atoms with Gasteiger partial charge < -0.3 is 15.5 Å². The van der Waals surface area contributed by atoms with E-state index in [1.807, 2.05) is 0 Å². The maximum atomic E-state index is 13.0. The Morgan fingerprint density at radius 1 is 1.23 bits per heavy atom. The number of hydrogen-bond donors (Lipinski definition) is 2. The van der Waals surface area contributed by atoms with Crippen LogP contribution in [0.5, 0.6) is 0 Å². The molecule has 1 aromatic carbocycles. The van der Waals surface area contributed by atoms with Gasteiger partial charge in [0, 0.05) is 29.2 Å². The summed E-state index contributed by atoms with van der Waals surface area (Å²) < 4.78 is 40.7. The number of nitrogen functional groups attached to an aromatic ring is 1. The highest BCUT2D eigenvalue weighted by Crippen LogP contribution is 2.37. The van der Waals surface area contributed by atoms with E-state index in [0.29, 0.717) is 11.2 Å². The standard InChI is InChI=1S/C15H11F3N4/c16-15(17,18)9-5-10(11(7-19)12(20)6-9)14-13-3-1-2-4-22(13)8-21-14/h1-8,19H,20H2. The van der Waals surface area contributed by atoms with Crippen LogP contribution in [0.1, 0.15) is 11.1 Å². The van der Waals surface area contributed by atoms with Gasteiger partial charge in [0.15, 0.2) is 0 Å². The normalized spacial score (nSPS) is 11.8. The zero-order valence-electron chi connectivity index (χ0n) is 11.2. The van der Waals surface area contributed by atoms with Crippen LogP contribution in [0.4, 0.5) is 18.9 Å². The van der Waals surface area contributed by atoms with Crippen molar-refractivity contribution in [1.82, 2.24) is 9.38 Å². The summed E-state index contributed by atoms with van der Waals surface area (Å²) >= 11 is 0. The molecule has 0 spiro atoms. The number of hydrogen-bond acceptors (Lipinski definition) is 3. The first-order valence-electron chi connectivity index (χ1n) is 6.35. The molecular formula is C15H11F3N4. The minimum absolute atomic E-state index is 0.100. The molecule has 0 saturated carbocycles. The van der Waals surface area contributed by atoms with E-state index >= 15 is 0 Å². The van der Waals surface area contributed by atoms with Gasteiger partial charge >= 0.3 is 6.18 Å². The number of nitrogens with two attached hydrogens (primary N) is 1. The van der Waals surface area contributed by atoms with Crippen LogP contribution in [-0.2, 0) is 6.18 Å². The van der Waals surface area contributed by atoms with E-state index in [-0.39, 0.29) is 16.8 Å². The molecule has 4 nitrogen and oxygen atoms in total. The average molecular weight is 304 g/mol. The fourth-order valence-electron chi connectivity index (χ4n) is 2.35. The van der Waals surface area contributed by atoms with Crippen molar-refractivity contribution in [3.8, 4) is 11.3 Å². The molecule has 3 aromatic rings. The Kier molecular flexibility index (Phi) is 3.13. The summed E-state index contributed by atoms with van der Waals surface area (Å²) in [6, 6.07) is 7.11. The number of aromatic nitrogens is 2. The Morgan fingerprint density at radius 2 is 2.00 bits per heavy atom. The Morgan fingerprint density at radius 3 is 2.68 bits per heavy atom. The maximum absolute atomic E-state index is 13.0. The van der Waals surface area contributed by atoms with Crippen molar-refractivity contribution >= 4 is 17.4 Å². The molecule has 0 bridgehead atoms. The highest BCUT2D eigenvalue weighted by atomic mass is 19.4. The third-order valence-electron chi connectivity index (χ3n) is 3.38. The van der Waals surface area contributed by atoms with E-state index in [9.17, 15) is 13.2 Å². The SMILES string of the molecule is N=Cc1c(N)cc(C(F)(F)F)cc1-c1ncn2ccccc12. The second-order valence-corrected chi connectivity index (χ2v) is 4.76. The molecule has 0 aliphatic rings. The van der Waals surface area contributed by atoms with Crippen LogP contribution in [0.3, 0.4) is 0 Å². The number of pyridine rings is 1. The molecule has 3 rings (SSSR count). The van der Waals surface area contributed by atoms with Gasteiger partial charge in [0.2, 0.25) is 0 Å². The Balaban J connectivity index is 2.33. The van der Waals surface area contributed by atoms with E-state index in [2.05, 4.69) is 4.98 Å². The molecule has 22 heavy (non-hydrogen) atoms. The van der Waals surface area contributed by atoms with Crippen LogP contribution in [0.2, 0.25) is 0 Å². The first-order chi connectivity index (χ1) is 10.4. The maximum Gasteiger partial charge on any atom is 0.416 e. The van der Waals surface area contributed by atoms with Crippen molar-refractivity contribution in [3.05, 3.63) is 54.0 Å². The molecule has 0 fully saturated rings. The molecule has 2 heterocycles. The van der Waals surface area contributed by atoms with E-state index in [1.54, 1.807) is 28.8 Å². The van der Waals surface area contributed by atoms with Gasteiger partial charge in [0.25, 0.3) is 0 Å². The first kappa shape index (κ1) is 14.1. The molecule has 0 aliphatic carbocycles. The summed E-state index contributed by atoms with van der Waals surface area (Å²) in [5.41, 5.74) is 6.15. The first-order valence-corrected chi connectivity index (χ1v) is 6.35. The molecule has 0 unspecified atom stereocenters. The number of alkyl halides is 3. The van der Waals surface area contributed by atoms with Crippen molar-refractivity contribution in [2.45, 2.75) is 6.18 Å². The fraction of sp³-hybridized carbons (Fsp3) is 0.0667. The summed E-state index contributed by atoms with van der Waals surface area (Å²) in [5, 5.41) is 7.44. The summed E-state index contributed by atoms with van der Waals surface area (Å²) in [6.07, 6.45) is -0.320. The molecule has 0 atom stereocenters. The average Bonchev–Trinajstić information content (AvgIpc) is 2.89. The zero-order valence-corrected chi connectivity index (χ0v) is 11.2. The predicted octanol–water partition coefficient (Wildman–Crippen LogP) is 3.60. The number of halogens is 3. The van der Waals surface area contributed by atoms with Crippen molar-refractivity contribution in [2.75, 3.05) is 5.73 Å². The van der Waals surface area contributed by atoms with Gasteiger partial charge in [0.05, 0.1) is 23.1 Å². The van der Waals surface area contributed by atoms with Crippen LogP contribution in [0.25, 0.3) is 16.8 Å². The monoisotopic (exact) mass is 304 g/mol. The molecule has 3 N–H and O–H groups in total. The highest BCUT2D eigenvalue weighted by molar-refractivity contribution is 5.97. The van der Waals surface area contributed by atoms with Crippen molar-refractivity contribution in [1.29, 1.82) is 5.41 Å². The van der Waals surface area contributed by atoms with Crippen LogP contribution < -0.4 is 5.73 Å². The minimum Gasteiger partial charge on any atom is -0.398 e. The highest BCUT2D eigenvalue weighted by Gasteiger charge is 2.32. The summed E-state index contributed by atoms with van der Waals surface area (Å²) in [4.78, 5) is 4.18. The predicted molar refractivity (Wildman–Crippen MR) is 77.9 cm³/mol. The van der Waals surface area contributed by atoms with E-state index in [1.165, 1.54) is 6.33 Å². The topological polar surface area (TPSA) is 67.2 Å². The third kappa shape index (κ3) is 2.20. The Bertz CT molecular complexity index is 865. The molecule has 0 radical (unpaired) electrons. The number of anilines is 1. The number of nitrogens with one attached hydrogen (secondary N) is 1.